The van der Waals surface area contributed by atoms with Gasteiger partial charge in [0.25, 0.3) is 5.56 Å². The van der Waals surface area contributed by atoms with E-state index in [1.165, 1.54) is 17.1 Å². The Morgan fingerprint density at radius 3 is 2.79 bits per heavy atom. The van der Waals surface area contributed by atoms with E-state index in [9.17, 15) is 9.59 Å². The Balaban J connectivity index is 1.16. The summed E-state index contributed by atoms with van der Waals surface area (Å²) in [5.74, 6) is 1.12. The summed E-state index contributed by atoms with van der Waals surface area (Å²) >= 11 is 1.57. The van der Waals surface area contributed by atoms with Crippen molar-refractivity contribution in [3.63, 3.8) is 0 Å². The second-order valence-electron chi connectivity index (χ2n) is 7.92. The zero-order valence-corrected chi connectivity index (χ0v) is 19.1. The Morgan fingerprint density at radius 2 is 2.03 bits per heavy atom. The molecule has 5 rings (SSSR count). The van der Waals surface area contributed by atoms with Crippen LogP contribution < -0.4 is 15.8 Å². The summed E-state index contributed by atoms with van der Waals surface area (Å²) in [6.07, 6.45) is 4.69. The van der Waals surface area contributed by atoms with Gasteiger partial charge in [0.2, 0.25) is 5.91 Å². The lowest BCUT2D eigenvalue weighted by molar-refractivity contribution is -0.125. The molecule has 11 nitrogen and oxygen atoms in total. The molecule has 0 radical (unpaired) electrons. The van der Waals surface area contributed by atoms with Crippen LogP contribution in [-0.4, -0.2) is 60.3 Å². The van der Waals surface area contributed by atoms with Gasteiger partial charge in [-0.25, -0.2) is 14.3 Å². The molecule has 34 heavy (non-hydrogen) atoms. The van der Waals surface area contributed by atoms with E-state index in [-0.39, 0.29) is 17.4 Å². The van der Waals surface area contributed by atoms with Crippen molar-refractivity contribution in [3.05, 3.63) is 64.8 Å². The van der Waals surface area contributed by atoms with E-state index in [0.717, 1.165) is 35.8 Å². The molecular weight excluding hydrogens is 454 g/mol. The van der Waals surface area contributed by atoms with E-state index < -0.39 is 0 Å². The van der Waals surface area contributed by atoms with E-state index in [0.29, 0.717) is 25.5 Å². The largest absolute Gasteiger partial charge is 0.354 e. The van der Waals surface area contributed by atoms with Gasteiger partial charge in [-0.15, -0.1) is 21.5 Å². The third kappa shape index (κ3) is 4.86. The van der Waals surface area contributed by atoms with Gasteiger partial charge >= 0.3 is 0 Å². The first-order valence-electron chi connectivity index (χ1n) is 11.0. The standard InChI is InChI=1S/C22H23N9O2S/c32-21-8-5-17(18-4-2-12-34-18)28-30(21)11-9-24-22(33)16-3-1-10-29(13-16)19-6-7-20(27-26-19)31-15-23-14-25-31/h2,4-8,12,14-16H,1,3,9-11,13H2,(H,24,33). The van der Waals surface area contributed by atoms with Crippen LogP contribution in [0.4, 0.5) is 5.82 Å². The number of hydrogen-bond donors (Lipinski definition) is 1. The Morgan fingerprint density at radius 1 is 1.15 bits per heavy atom. The van der Waals surface area contributed by atoms with Crippen LogP contribution in [0.3, 0.4) is 0 Å². The number of rotatable bonds is 7. The maximum absolute atomic E-state index is 12.8. The van der Waals surface area contributed by atoms with Gasteiger partial charge in [-0.2, -0.15) is 10.2 Å². The Hall–Kier alpha value is -3.93. The number of aromatic nitrogens is 7. The van der Waals surface area contributed by atoms with Crippen molar-refractivity contribution in [3.8, 4) is 16.4 Å². The summed E-state index contributed by atoms with van der Waals surface area (Å²) in [7, 11) is 0. The minimum atomic E-state index is -0.189. The monoisotopic (exact) mass is 477 g/mol. The van der Waals surface area contributed by atoms with Gasteiger partial charge in [0.15, 0.2) is 11.6 Å². The predicted molar refractivity (Wildman–Crippen MR) is 127 cm³/mol. The van der Waals surface area contributed by atoms with Crippen LogP contribution in [0.25, 0.3) is 16.4 Å². The van der Waals surface area contributed by atoms with Crippen molar-refractivity contribution < 1.29 is 4.79 Å². The van der Waals surface area contributed by atoms with E-state index in [4.69, 9.17) is 0 Å². The smallest absolute Gasteiger partial charge is 0.266 e. The second-order valence-corrected chi connectivity index (χ2v) is 8.87. The molecule has 12 heteroatoms. The van der Waals surface area contributed by atoms with E-state index >= 15 is 0 Å². The van der Waals surface area contributed by atoms with Gasteiger partial charge in [-0.1, -0.05) is 6.07 Å². The van der Waals surface area contributed by atoms with Crippen LogP contribution in [0, 0.1) is 5.92 Å². The molecular formula is C22H23N9O2S. The van der Waals surface area contributed by atoms with Crippen LogP contribution in [0.2, 0.25) is 0 Å². The molecule has 1 N–H and O–H groups in total. The van der Waals surface area contributed by atoms with Gasteiger partial charge in [0.05, 0.1) is 17.3 Å². The van der Waals surface area contributed by atoms with Crippen molar-refractivity contribution in [2.24, 2.45) is 5.92 Å². The molecule has 1 atom stereocenters. The topological polar surface area (TPSA) is 124 Å². The summed E-state index contributed by atoms with van der Waals surface area (Å²) in [5.41, 5.74) is 0.561. The molecule has 1 amide bonds. The van der Waals surface area contributed by atoms with Crippen LogP contribution in [-0.2, 0) is 11.3 Å². The van der Waals surface area contributed by atoms with Gasteiger partial charge in [0.1, 0.15) is 18.3 Å². The van der Waals surface area contributed by atoms with E-state index in [1.54, 1.807) is 28.4 Å². The molecule has 0 saturated carbocycles. The average molecular weight is 478 g/mol. The molecule has 1 aliphatic rings. The maximum Gasteiger partial charge on any atom is 0.266 e. The SMILES string of the molecule is O=C(NCCn1nc(-c2cccs2)ccc1=O)C1CCCN(c2ccc(-n3cncn3)nn2)C1. The summed E-state index contributed by atoms with van der Waals surface area (Å²) < 4.78 is 2.94. The van der Waals surface area contributed by atoms with Crippen LogP contribution in [0.15, 0.2) is 59.2 Å². The minimum absolute atomic E-state index is 0.0284. The average Bonchev–Trinajstić information content (AvgIpc) is 3.60. The molecule has 1 unspecified atom stereocenters. The van der Waals surface area contributed by atoms with Crippen LogP contribution in [0.1, 0.15) is 12.8 Å². The van der Waals surface area contributed by atoms with Gasteiger partial charge in [0, 0.05) is 25.7 Å². The molecule has 0 aliphatic carbocycles. The highest BCUT2D eigenvalue weighted by Gasteiger charge is 2.26. The number of piperidine rings is 1. The lowest BCUT2D eigenvalue weighted by Crippen LogP contribution is -2.44. The Bertz CT molecular complexity index is 1290. The number of hydrogen-bond acceptors (Lipinski definition) is 9. The number of anilines is 1. The van der Waals surface area contributed by atoms with Crippen molar-refractivity contribution >= 4 is 23.1 Å². The molecule has 0 aromatic carbocycles. The number of amides is 1. The second kappa shape index (κ2) is 9.91. The van der Waals surface area contributed by atoms with Crippen molar-refractivity contribution in [2.75, 3.05) is 24.5 Å². The Kier molecular flexibility index (Phi) is 6.38. The molecule has 1 fully saturated rings. The van der Waals surface area contributed by atoms with Crippen LogP contribution >= 0.6 is 11.3 Å². The molecule has 0 bridgehead atoms. The number of carbonyl (C=O) groups is 1. The fourth-order valence-electron chi connectivity index (χ4n) is 3.93. The molecule has 5 heterocycles. The van der Waals surface area contributed by atoms with E-state index in [1.807, 2.05) is 29.6 Å². The summed E-state index contributed by atoms with van der Waals surface area (Å²) in [5, 5.41) is 21.9. The quantitative estimate of drug-likeness (QED) is 0.423. The first kappa shape index (κ1) is 21.9. The van der Waals surface area contributed by atoms with Crippen molar-refractivity contribution in [1.82, 2.24) is 40.1 Å². The van der Waals surface area contributed by atoms with Gasteiger partial charge < -0.3 is 10.2 Å². The Labute approximate surface area is 199 Å². The molecule has 4 aromatic rings. The third-order valence-corrected chi connectivity index (χ3v) is 6.56. The number of carbonyl (C=O) groups excluding carboxylic acids is 1. The summed E-state index contributed by atoms with van der Waals surface area (Å²) in [6.45, 7) is 2.03. The summed E-state index contributed by atoms with van der Waals surface area (Å²) in [4.78, 5) is 32.0. The zero-order chi connectivity index (χ0) is 23.3. The highest BCUT2D eigenvalue weighted by molar-refractivity contribution is 7.13. The minimum Gasteiger partial charge on any atom is -0.354 e. The highest BCUT2D eigenvalue weighted by atomic mass is 32.1. The first-order valence-corrected chi connectivity index (χ1v) is 11.9. The van der Waals surface area contributed by atoms with E-state index in [2.05, 4.69) is 35.6 Å². The van der Waals surface area contributed by atoms with Gasteiger partial charge in [-0.05, 0) is 42.5 Å². The van der Waals surface area contributed by atoms with Crippen molar-refractivity contribution in [2.45, 2.75) is 19.4 Å². The zero-order valence-electron chi connectivity index (χ0n) is 18.3. The molecule has 0 spiro atoms. The fourth-order valence-corrected chi connectivity index (χ4v) is 4.62. The predicted octanol–water partition coefficient (Wildman–Crippen LogP) is 1.38. The lowest BCUT2D eigenvalue weighted by atomic mass is 9.97. The lowest BCUT2D eigenvalue weighted by Gasteiger charge is -2.32. The number of nitrogens with zero attached hydrogens (tertiary/aromatic N) is 8. The maximum atomic E-state index is 12.8. The highest BCUT2D eigenvalue weighted by Crippen LogP contribution is 2.22. The van der Waals surface area contributed by atoms with Crippen molar-refractivity contribution in [1.29, 1.82) is 0 Å². The molecule has 4 aromatic heterocycles. The third-order valence-electron chi connectivity index (χ3n) is 5.67. The molecule has 1 saturated heterocycles. The van der Waals surface area contributed by atoms with Gasteiger partial charge in [-0.3, -0.25) is 9.59 Å². The fraction of sp³-hybridized carbons (Fsp3) is 0.318. The first-order chi connectivity index (χ1) is 16.7. The molecule has 174 valence electrons. The molecule has 1 aliphatic heterocycles. The number of nitrogens with one attached hydrogen (secondary N) is 1. The van der Waals surface area contributed by atoms with Crippen LogP contribution in [0.5, 0.6) is 0 Å². The number of thiophene rings is 1. The summed E-state index contributed by atoms with van der Waals surface area (Å²) in [6, 6.07) is 10.9. The normalized spacial score (nSPS) is 15.9.